The summed E-state index contributed by atoms with van der Waals surface area (Å²) in [6.07, 6.45) is 0. The SMILES string of the molecule is COc1ccc(OC)c(NC(=O)CSc2nc(N)c(NC(=O)c3cccs3)c(=O)[nH]2)c1. The van der Waals surface area contributed by atoms with Gasteiger partial charge in [-0.3, -0.25) is 19.4 Å². The molecule has 3 aromatic rings. The number of thioether (sulfide) groups is 1. The summed E-state index contributed by atoms with van der Waals surface area (Å²) in [6, 6.07) is 8.35. The number of hydrogen-bond donors (Lipinski definition) is 4. The number of methoxy groups -OCH3 is 2. The second-order valence-electron chi connectivity index (χ2n) is 5.97. The summed E-state index contributed by atoms with van der Waals surface area (Å²) in [6.45, 7) is 0. The van der Waals surface area contributed by atoms with E-state index >= 15 is 0 Å². The fourth-order valence-electron chi connectivity index (χ4n) is 2.47. The first-order valence-electron chi connectivity index (χ1n) is 8.80. The summed E-state index contributed by atoms with van der Waals surface area (Å²) in [7, 11) is 3.00. The lowest BCUT2D eigenvalue weighted by molar-refractivity contribution is -0.113. The number of anilines is 3. The highest BCUT2D eigenvalue weighted by Crippen LogP contribution is 2.29. The maximum Gasteiger partial charge on any atom is 0.277 e. The molecule has 10 nitrogen and oxygen atoms in total. The van der Waals surface area contributed by atoms with Crippen molar-refractivity contribution in [2.45, 2.75) is 5.16 Å². The van der Waals surface area contributed by atoms with Gasteiger partial charge in [0.1, 0.15) is 11.5 Å². The van der Waals surface area contributed by atoms with E-state index in [-0.39, 0.29) is 28.3 Å². The van der Waals surface area contributed by atoms with Crippen LogP contribution in [0, 0.1) is 0 Å². The van der Waals surface area contributed by atoms with Gasteiger partial charge in [-0.25, -0.2) is 4.98 Å². The van der Waals surface area contributed by atoms with Gasteiger partial charge in [0.05, 0.1) is 30.5 Å². The van der Waals surface area contributed by atoms with E-state index in [2.05, 4.69) is 20.6 Å². The lowest BCUT2D eigenvalue weighted by Crippen LogP contribution is -2.23. The van der Waals surface area contributed by atoms with Crippen LogP contribution in [0.1, 0.15) is 9.67 Å². The van der Waals surface area contributed by atoms with Crippen molar-refractivity contribution in [3.05, 3.63) is 50.9 Å². The summed E-state index contributed by atoms with van der Waals surface area (Å²) in [4.78, 5) is 43.8. The molecule has 0 aliphatic rings. The van der Waals surface area contributed by atoms with Crippen LogP contribution in [0.25, 0.3) is 0 Å². The van der Waals surface area contributed by atoms with Crippen LogP contribution in [0.2, 0.25) is 0 Å². The third-order valence-corrected chi connectivity index (χ3v) is 5.67. The van der Waals surface area contributed by atoms with Crippen molar-refractivity contribution in [2.75, 3.05) is 36.3 Å². The first-order valence-corrected chi connectivity index (χ1v) is 10.7. The smallest absolute Gasteiger partial charge is 0.277 e. The molecule has 0 bridgehead atoms. The number of H-pyrrole nitrogens is 1. The van der Waals surface area contributed by atoms with Gasteiger partial charge in [-0.15, -0.1) is 11.3 Å². The van der Waals surface area contributed by atoms with Crippen molar-refractivity contribution in [2.24, 2.45) is 0 Å². The summed E-state index contributed by atoms with van der Waals surface area (Å²) >= 11 is 2.21. The zero-order chi connectivity index (χ0) is 22.4. The van der Waals surface area contributed by atoms with E-state index in [1.54, 1.807) is 35.7 Å². The zero-order valence-corrected chi connectivity index (χ0v) is 18.2. The first kappa shape index (κ1) is 22.2. The molecule has 2 heterocycles. The number of carbonyl (C=O) groups excluding carboxylic acids is 2. The fourth-order valence-corrected chi connectivity index (χ4v) is 3.76. The van der Waals surface area contributed by atoms with Gasteiger partial charge in [0.25, 0.3) is 11.5 Å². The van der Waals surface area contributed by atoms with Crippen LogP contribution in [-0.2, 0) is 4.79 Å². The van der Waals surface area contributed by atoms with Gasteiger partial charge in [0.2, 0.25) is 5.91 Å². The van der Waals surface area contributed by atoms with Gasteiger partial charge in [0.15, 0.2) is 16.7 Å². The molecule has 0 aliphatic heterocycles. The molecule has 2 aromatic heterocycles. The number of nitrogens with one attached hydrogen (secondary N) is 3. The summed E-state index contributed by atoms with van der Waals surface area (Å²) in [5, 5.41) is 7.06. The summed E-state index contributed by atoms with van der Waals surface area (Å²) < 4.78 is 10.4. The number of ether oxygens (including phenoxy) is 2. The Morgan fingerprint density at radius 1 is 1.23 bits per heavy atom. The number of nitrogen functional groups attached to an aromatic ring is 1. The van der Waals surface area contributed by atoms with Gasteiger partial charge in [-0.1, -0.05) is 17.8 Å². The quantitative estimate of drug-likeness (QED) is 0.295. The Bertz CT molecular complexity index is 1150. The van der Waals surface area contributed by atoms with Gasteiger partial charge in [0, 0.05) is 6.07 Å². The predicted molar refractivity (Wildman–Crippen MR) is 120 cm³/mol. The van der Waals surface area contributed by atoms with Crippen molar-refractivity contribution >= 4 is 52.1 Å². The molecule has 0 saturated carbocycles. The van der Waals surface area contributed by atoms with Crippen LogP contribution in [0.15, 0.2) is 45.7 Å². The van der Waals surface area contributed by atoms with Crippen LogP contribution in [-0.4, -0.2) is 41.8 Å². The summed E-state index contributed by atoms with van der Waals surface area (Å²) in [5.74, 6) is 0.0206. The van der Waals surface area contributed by atoms with Crippen LogP contribution >= 0.6 is 23.1 Å². The topological polar surface area (TPSA) is 148 Å². The Balaban J connectivity index is 1.65. The van der Waals surface area contributed by atoms with Gasteiger partial charge in [-0.2, -0.15) is 0 Å². The van der Waals surface area contributed by atoms with Gasteiger partial charge >= 0.3 is 0 Å². The van der Waals surface area contributed by atoms with Crippen LogP contribution in [0.3, 0.4) is 0 Å². The number of thiophene rings is 1. The van der Waals surface area contributed by atoms with Crippen molar-refractivity contribution in [3.63, 3.8) is 0 Å². The van der Waals surface area contributed by atoms with Crippen molar-refractivity contribution in [1.29, 1.82) is 0 Å². The molecular weight excluding hydrogens is 442 g/mol. The van der Waals surface area contributed by atoms with E-state index < -0.39 is 11.5 Å². The molecule has 31 heavy (non-hydrogen) atoms. The minimum atomic E-state index is -0.616. The van der Waals surface area contributed by atoms with Crippen LogP contribution in [0.5, 0.6) is 11.5 Å². The maximum absolute atomic E-state index is 12.3. The molecule has 0 unspecified atom stereocenters. The van der Waals surface area contributed by atoms with E-state index in [0.29, 0.717) is 22.1 Å². The third-order valence-electron chi connectivity index (χ3n) is 3.93. The van der Waals surface area contributed by atoms with E-state index in [4.69, 9.17) is 15.2 Å². The molecule has 0 aliphatic carbocycles. The molecule has 2 amide bonds. The van der Waals surface area contributed by atoms with Gasteiger partial charge in [-0.05, 0) is 23.6 Å². The molecule has 3 rings (SSSR count). The monoisotopic (exact) mass is 461 g/mol. The molecule has 0 fully saturated rings. The minimum Gasteiger partial charge on any atom is -0.497 e. The second kappa shape index (κ2) is 10.00. The molecule has 0 atom stereocenters. The Kier molecular flexibility index (Phi) is 7.15. The lowest BCUT2D eigenvalue weighted by atomic mass is 10.2. The van der Waals surface area contributed by atoms with E-state index in [0.717, 1.165) is 11.8 Å². The molecule has 12 heteroatoms. The molecule has 1 aromatic carbocycles. The fraction of sp³-hybridized carbons (Fsp3) is 0.158. The van der Waals surface area contributed by atoms with E-state index in [1.807, 2.05) is 0 Å². The predicted octanol–water partition coefficient (Wildman–Crippen LogP) is 2.41. The number of aromatic nitrogens is 2. The van der Waals surface area contributed by atoms with Gasteiger partial charge < -0.3 is 25.8 Å². The van der Waals surface area contributed by atoms with Crippen LogP contribution in [0.4, 0.5) is 17.2 Å². The standard InChI is InChI=1S/C19H19N5O5S2/c1-28-10-5-6-12(29-2)11(8-10)21-14(25)9-31-19-23-16(20)15(18(27)24-19)22-17(26)13-4-3-7-30-13/h3-8H,9H2,1-2H3,(H,21,25)(H,22,26)(H3,20,23,24,27). The third kappa shape index (κ3) is 5.55. The molecule has 162 valence electrons. The normalized spacial score (nSPS) is 10.4. The highest BCUT2D eigenvalue weighted by atomic mass is 32.2. The highest BCUT2D eigenvalue weighted by molar-refractivity contribution is 7.99. The number of carbonyl (C=O) groups is 2. The van der Waals surface area contributed by atoms with Crippen LogP contribution < -0.4 is 31.4 Å². The Labute approximate surface area is 185 Å². The lowest BCUT2D eigenvalue weighted by Gasteiger charge is -2.12. The molecular formula is C19H19N5O5S2. The number of nitrogens with two attached hydrogens (primary N) is 1. The molecule has 5 N–H and O–H groups in total. The van der Waals surface area contributed by atoms with Crippen molar-refractivity contribution < 1.29 is 19.1 Å². The molecule has 0 saturated heterocycles. The largest absolute Gasteiger partial charge is 0.497 e. The first-order chi connectivity index (χ1) is 14.9. The highest BCUT2D eigenvalue weighted by Gasteiger charge is 2.16. The zero-order valence-electron chi connectivity index (χ0n) is 16.6. The number of benzene rings is 1. The number of hydrogen-bond acceptors (Lipinski definition) is 9. The Morgan fingerprint density at radius 2 is 2.03 bits per heavy atom. The van der Waals surface area contributed by atoms with Crippen molar-refractivity contribution in [1.82, 2.24) is 9.97 Å². The Morgan fingerprint density at radius 3 is 2.68 bits per heavy atom. The molecule has 0 spiro atoms. The number of amides is 2. The van der Waals surface area contributed by atoms with E-state index in [1.165, 1.54) is 25.6 Å². The minimum absolute atomic E-state index is 0.0519. The number of rotatable bonds is 8. The maximum atomic E-state index is 12.3. The van der Waals surface area contributed by atoms with E-state index in [9.17, 15) is 14.4 Å². The molecule has 0 radical (unpaired) electrons. The number of nitrogens with zero attached hydrogens (tertiary/aromatic N) is 1. The average Bonchev–Trinajstić information content (AvgIpc) is 3.29. The Hall–Kier alpha value is -3.51. The second-order valence-corrected chi connectivity index (χ2v) is 7.88. The average molecular weight is 462 g/mol. The van der Waals surface area contributed by atoms with Crippen molar-refractivity contribution in [3.8, 4) is 11.5 Å². The number of aromatic amines is 1. The summed E-state index contributed by atoms with van der Waals surface area (Å²) in [5.41, 5.74) is 5.52.